The van der Waals surface area contributed by atoms with Gasteiger partial charge in [-0.25, -0.2) is 0 Å². The van der Waals surface area contributed by atoms with E-state index < -0.39 is 0 Å². The monoisotopic (exact) mass is 291 g/mol. The van der Waals surface area contributed by atoms with E-state index in [0.29, 0.717) is 16.6 Å². The lowest BCUT2D eigenvalue weighted by atomic mass is 10.2. The first-order valence-corrected chi connectivity index (χ1v) is 7.62. The van der Waals surface area contributed by atoms with Crippen molar-refractivity contribution < 1.29 is 4.79 Å². The molecule has 1 aliphatic carbocycles. The summed E-state index contributed by atoms with van der Waals surface area (Å²) >= 11 is 7.84. The third kappa shape index (κ3) is 2.82. The Kier molecular flexibility index (Phi) is 3.58. The molecular weight excluding hydrogens is 278 g/mol. The van der Waals surface area contributed by atoms with Crippen molar-refractivity contribution in [2.24, 2.45) is 0 Å². The van der Waals surface area contributed by atoms with Crippen molar-refractivity contribution in [1.29, 1.82) is 0 Å². The van der Waals surface area contributed by atoms with Crippen LogP contribution in [0.3, 0.4) is 0 Å². The Hall–Kier alpha value is -1.32. The van der Waals surface area contributed by atoms with E-state index in [1.807, 2.05) is 12.1 Å². The van der Waals surface area contributed by atoms with Gasteiger partial charge in [0.25, 0.3) is 0 Å². The molecule has 2 nitrogen and oxygen atoms in total. The number of aldehydes is 1. The highest BCUT2D eigenvalue weighted by Gasteiger charge is 2.29. The van der Waals surface area contributed by atoms with E-state index in [-0.39, 0.29) is 0 Å². The summed E-state index contributed by atoms with van der Waals surface area (Å²) in [6.45, 7) is 0.908. The van der Waals surface area contributed by atoms with Crippen molar-refractivity contribution in [3.63, 3.8) is 0 Å². The molecule has 0 unspecified atom stereocenters. The topological polar surface area (TPSA) is 20.3 Å². The van der Waals surface area contributed by atoms with Crippen LogP contribution >= 0.6 is 22.9 Å². The van der Waals surface area contributed by atoms with Crippen LogP contribution in [-0.4, -0.2) is 12.3 Å². The minimum Gasteiger partial charge on any atom is -0.364 e. The summed E-state index contributed by atoms with van der Waals surface area (Å²) in [4.78, 5) is 13.2. The van der Waals surface area contributed by atoms with Crippen LogP contribution in [0.1, 0.15) is 28.8 Å². The van der Waals surface area contributed by atoms with Crippen LogP contribution in [0.15, 0.2) is 35.0 Å². The molecule has 0 radical (unpaired) electrons. The van der Waals surface area contributed by atoms with Crippen LogP contribution in [0.2, 0.25) is 5.02 Å². The zero-order chi connectivity index (χ0) is 13.2. The van der Waals surface area contributed by atoms with Crippen molar-refractivity contribution in [2.45, 2.75) is 25.4 Å². The molecule has 1 saturated carbocycles. The molecule has 1 fully saturated rings. The number of carbonyl (C=O) groups excluding carboxylic acids is 1. The molecule has 3 rings (SSSR count). The first kappa shape index (κ1) is 12.7. The molecule has 0 saturated heterocycles. The van der Waals surface area contributed by atoms with Crippen molar-refractivity contribution in [3.05, 3.63) is 51.2 Å². The molecule has 0 N–H and O–H groups in total. The molecule has 0 amide bonds. The Morgan fingerprint density at radius 2 is 2.21 bits per heavy atom. The zero-order valence-corrected chi connectivity index (χ0v) is 12.0. The lowest BCUT2D eigenvalue weighted by Gasteiger charge is -2.24. The van der Waals surface area contributed by atoms with Gasteiger partial charge in [-0.15, -0.1) is 0 Å². The molecule has 1 aromatic carbocycles. The lowest BCUT2D eigenvalue weighted by Crippen LogP contribution is -2.24. The van der Waals surface area contributed by atoms with Gasteiger partial charge in [-0.1, -0.05) is 11.6 Å². The maximum atomic E-state index is 10.8. The highest BCUT2D eigenvalue weighted by atomic mass is 35.5. The van der Waals surface area contributed by atoms with Crippen LogP contribution < -0.4 is 4.90 Å². The van der Waals surface area contributed by atoms with Crippen molar-refractivity contribution in [2.75, 3.05) is 4.90 Å². The van der Waals surface area contributed by atoms with Gasteiger partial charge in [-0.05, 0) is 53.4 Å². The summed E-state index contributed by atoms with van der Waals surface area (Å²) in [5.41, 5.74) is 2.98. The molecule has 1 heterocycles. The van der Waals surface area contributed by atoms with Crippen LogP contribution in [0.5, 0.6) is 0 Å². The van der Waals surface area contributed by atoms with E-state index in [1.54, 1.807) is 17.4 Å². The first-order chi connectivity index (χ1) is 9.28. The second kappa shape index (κ2) is 5.35. The van der Waals surface area contributed by atoms with Gasteiger partial charge in [-0.2, -0.15) is 11.3 Å². The molecule has 2 aromatic rings. The largest absolute Gasteiger partial charge is 0.364 e. The Labute approximate surface area is 121 Å². The smallest absolute Gasteiger partial charge is 0.151 e. The van der Waals surface area contributed by atoms with E-state index in [9.17, 15) is 4.79 Å². The first-order valence-electron chi connectivity index (χ1n) is 6.30. The molecular formula is C15H14ClNOS. The highest BCUT2D eigenvalue weighted by Crippen LogP contribution is 2.34. The Morgan fingerprint density at radius 3 is 2.79 bits per heavy atom. The summed E-state index contributed by atoms with van der Waals surface area (Å²) in [6, 6.07) is 8.45. The van der Waals surface area contributed by atoms with E-state index >= 15 is 0 Å². The molecule has 1 aromatic heterocycles. The average molecular weight is 292 g/mol. The maximum Gasteiger partial charge on any atom is 0.151 e. The fourth-order valence-electron chi connectivity index (χ4n) is 2.19. The Balaban J connectivity index is 1.87. The van der Waals surface area contributed by atoms with Crippen molar-refractivity contribution in [3.8, 4) is 0 Å². The third-order valence-electron chi connectivity index (χ3n) is 3.36. The summed E-state index contributed by atoms with van der Waals surface area (Å²) in [6.07, 6.45) is 3.26. The number of anilines is 1. The average Bonchev–Trinajstić information content (AvgIpc) is 3.13. The van der Waals surface area contributed by atoms with Gasteiger partial charge in [0, 0.05) is 23.8 Å². The fourth-order valence-corrected chi connectivity index (χ4v) is 3.07. The molecule has 0 atom stereocenters. The second-order valence-electron chi connectivity index (χ2n) is 4.81. The number of benzene rings is 1. The van der Waals surface area contributed by atoms with Gasteiger partial charge in [0.15, 0.2) is 6.29 Å². The molecule has 98 valence electrons. The summed E-state index contributed by atoms with van der Waals surface area (Å²) in [5, 5.41) is 4.81. The number of nitrogens with zero attached hydrogens (tertiary/aromatic N) is 1. The summed E-state index contributed by atoms with van der Waals surface area (Å²) in [5.74, 6) is 0. The van der Waals surface area contributed by atoms with Gasteiger partial charge in [0.05, 0.1) is 5.02 Å². The van der Waals surface area contributed by atoms with Crippen molar-refractivity contribution in [1.82, 2.24) is 0 Å². The fraction of sp³-hybridized carbons (Fsp3) is 0.267. The van der Waals surface area contributed by atoms with Crippen LogP contribution in [-0.2, 0) is 6.54 Å². The zero-order valence-electron chi connectivity index (χ0n) is 10.4. The van der Waals surface area contributed by atoms with E-state index in [0.717, 1.165) is 18.5 Å². The predicted molar refractivity (Wildman–Crippen MR) is 80.4 cm³/mol. The molecule has 0 spiro atoms. The SMILES string of the molecule is O=Cc1ccc(N(Cc2ccsc2)C2CC2)cc1Cl. The minimum atomic E-state index is 0.531. The Bertz CT molecular complexity index is 578. The quantitative estimate of drug-likeness (QED) is 0.762. The number of carbonyl (C=O) groups is 1. The second-order valence-corrected chi connectivity index (χ2v) is 6.00. The summed E-state index contributed by atoms with van der Waals surface area (Å²) < 4.78 is 0. The number of thiophene rings is 1. The number of hydrogen-bond donors (Lipinski definition) is 0. The van der Waals surface area contributed by atoms with E-state index in [4.69, 9.17) is 11.6 Å². The van der Waals surface area contributed by atoms with Gasteiger partial charge >= 0.3 is 0 Å². The Morgan fingerprint density at radius 1 is 1.37 bits per heavy atom. The van der Waals surface area contributed by atoms with Crippen LogP contribution in [0.25, 0.3) is 0 Å². The molecule has 0 bridgehead atoms. The standard InChI is InChI=1S/C15H14ClNOS/c16-15-7-14(2-1-12(15)9-18)17(13-3-4-13)8-11-5-6-19-10-11/h1-2,5-7,9-10,13H,3-4,8H2. The molecule has 1 aliphatic rings. The highest BCUT2D eigenvalue weighted by molar-refractivity contribution is 7.07. The maximum absolute atomic E-state index is 10.8. The van der Waals surface area contributed by atoms with Crippen molar-refractivity contribution >= 4 is 34.9 Å². The number of rotatable bonds is 5. The number of hydrogen-bond acceptors (Lipinski definition) is 3. The van der Waals surface area contributed by atoms with Crippen LogP contribution in [0.4, 0.5) is 5.69 Å². The van der Waals surface area contributed by atoms with E-state index in [2.05, 4.69) is 21.7 Å². The van der Waals surface area contributed by atoms with Gasteiger partial charge in [0.2, 0.25) is 0 Å². The predicted octanol–water partition coefficient (Wildman–Crippen LogP) is 4.38. The number of halogens is 1. The van der Waals surface area contributed by atoms with E-state index in [1.165, 1.54) is 18.4 Å². The molecule has 19 heavy (non-hydrogen) atoms. The molecule has 4 heteroatoms. The van der Waals surface area contributed by atoms with Gasteiger partial charge < -0.3 is 4.90 Å². The van der Waals surface area contributed by atoms with Gasteiger partial charge in [0.1, 0.15) is 0 Å². The minimum absolute atomic E-state index is 0.531. The normalized spacial score (nSPS) is 14.4. The van der Waals surface area contributed by atoms with Gasteiger partial charge in [-0.3, -0.25) is 4.79 Å². The lowest BCUT2D eigenvalue weighted by molar-refractivity contribution is 0.112. The third-order valence-corrected chi connectivity index (χ3v) is 4.42. The van der Waals surface area contributed by atoms with Crippen LogP contribution in [0, 0.1) is 0 Å². The summed E-state index contributed by atoms with van der Waals surface area (Å²) in [7, 11) is 0. The molecule has 0 aliphatic heterocycles.